The third kappa shape index (κ3) is 3.94. The van der Waals surface area contributed by atoms with E-state index < -0.39 is 5.56 Å². The normalized spacial score (nSPS) is 10.2. The Bertz CT molecular complexity index is 1110. The van der Waals surface area contributed by atoms with E-state index in [-0.39, 0.29) is 18.0 Å². The van der Waals surface area contributed by atoms with Crippen LogP contribution in [0.2, 0.25) is 0 Å². The molecule has 0 fully saturated rings. The molecule has 1 N–H and O–H groups in total. The van der Waals surface area contributed by atoms with Crippen molar-refractivity contribution in [3.05, 3.63) is 81.8 Å². The van der Waals surface area contributed by atoms with Crippen molar-refractivity contribution in [2.24, 2.45) is 0 Å². The molecule has 28 heavy (non-hydrogen) atoms. The molecule has 0 saturated carbocycles. The number of carbonyl (C=O) groups excluding carboxylic acids is 1. The number of nitrogens with zero attached hydrogens (tertiary/aromatic N) is 1. The fraction of sp³-hybridized carbons (Fsp3) is 0.136. The highest BCUT2D eigenvalue weighted by Crippen LogP contribution is 2.33. The zero-order valence-electron chi connectivity index (χ0n) is 15.5. The van der Waals surface area contributed by atoms with Crippen LogP contribution in [0.5, 0.6) is 11.5 Å². The minimum Gasteiger partial charge on any atom is -0.493 e. The van der Waals surface area contributed by atoms with Crippen LogP contribution in [-0.4, -0.2) is 24.5 Å². The first-order valence-electron chi connectivity index (χ1n) is 8.57. The maximum atomic E-state index is 12.2. The number of aryl methyl sites for hydroxylation is 1. The van der Waals surface area contributed by atoms with Crippen molar-refractivity contribution in [2.45, 2.75) is 6.92 Å². The van der Waals surface area contributed by atoms with Crippen LogP contribution in [0.4, 0.5) is 0 Å². The Balaban J connectivity index is 1.89. The molecule has 0 radical (unpaired) electrons. The van der Waals surface area contributed by atoms with Crippen molar-refractivity contribution in [2.75, 3.05) is 13.7 Å². The lowest BCUT2D eigenvalue weighted by atomic mass is 10.0. The number of nitriles is 1. The molecule has 0 aliphatic heterocycles. The molecule has 0 bridgehead atoms. The van der Waals surface area contributed by atoms with E-state index in [9.17, 15) is 14.9 Å². The van der Waals surface area contributed by atoms with Gasteiger partial charge in [0.15, 0.2) is 23.9 Å². The molecule has 6 heteroatoms. The van der Waals surface area contributed by atoms with E-state index in [1.165, 1.54) is 7.11 Å². The van der Waals surface area contributed by atoms with E-state index in [2.05, 4.69) is 4.98 Å². The van der Waals surface area contributed by atoms with Gasteiger partial charge in [-0.3, -0.25) is 9.59 Å². The molecule has 0 atom stereocenters. The summed E-state index contributed by atoms with van der Waals surface area (Å²) in [4.78, 5) is 26.9. The SMILES string of the molecule is COc1cc(-c2cc(C)[nH]c(=O)c2C#N)ccc1OCC(=O)c1ccccc1. The summed E-state index contributed by atoms with van der Waals surface area (Å²) in [5, 5.41) is 9.32. The number of aromatic amines is 1. The topological polar surface area (TPSA) is 92.2 Å². The largest absolute Gasteiger partial charge is 0.493 e. The minimum absolute atomic E-state index is 0.0283. The van der Waals surface area contributed by atoms with Crippen molar-refractivity contribution in [3.63, 3.8) is 0 Å². The van der Waals surface area contributed by atoms with Crippen molar-refractivity contribution in [3.8, 4) is 28.7 Å². The number of benzene rings is 2. The van der Waals surface area contributed by atoms with Gasteiger partial charge in [0, 0.05) is 16.8 Å². The number of nitrogens with one attached hydrogen (secondary N) is 1. The van der Waals surface area contributed by atoms with Crippen molar-refractivity contribution < 1.29 is 14.3 Å². The molecule has 0 spiro atoms. The maximum Gasteiger partial charge on any atom is 0.266 e. The summed E-state index contributed by atoms with van der Waals surface area (Å²) in [6, 6.07) is 17.6. The molecule has 3 aromatic rings. The highest BCUT2D eigenvalue weighted by Gasteiger charge is 2.14. The number of hydrogen-bond donors (Lipinski definition) is 1. The Hall–Kier alpha value is -3.85. The summed E-state index contributed by atoms with van der Waals surface area (Å²) < 4.78 is 11.0. The fourth-order valence-corrected chi connectivity index (χ4v) is 2.83. The number of ketones is 1. The van der Waals surface area contributed by atoms with Crippen molar-refractivity contribution in [1.82, 2.24) is 4.98 Å². The van der Waals surface area contributed by atoms with Crippen LogP contribution in [0.1, 0.15) is 21.6 Å². The predicted molar refractivity (Wildman–Crippen MR) is 105 cm³/mol. The molecule has 2 aromatic carbocycles. The van der Waals surface area contributed by atoms with Crippen LogP contribution in [0, 0.1) is 18.3 Å². The number of carbonyl (C=O) groups is 1. The molecular weight excluding hydrogens is 356 g/mol. The van der Waals surface area contributed by atoms with Gasteiger partial charge in [-0.25, -0.2) is 0 Å². The van der Waals surface area contributed by atoms with E-state index in [1.807, 2.05) is 12.1 Å². The second-order valence-corrected chi connectivity index (χ2v) is 6.13. The molecule has 0 saturated heterocycles. The Morgan fingerprint density at radius 2 is 1.86 bits per heavy atom. The van der Waals surface area contributed by atoms with Gasteiger partial charge in [0.2, 0.25) is 0 Å². The number of methoxy groups -OCH3 is 1. The molecule has 0 aliphatic rings. The number of ether oxygens (including phenoxy) is 2. The number of rotatable bonds is 6. The molecule has 3 rings (SSSR count). The fourth-order valence-electron chi connectivity index (χ4n) is 2.83. The first-order chi connectivity index (χ1) is 13.5. The van der Waals surface area contributed by atoms with E-state index in [4.69, 9.17) is 9.47 Å². The monoisotopic (exact) mass is 374 g/mol. The third-order valence-corrected chi connectivity index (χ3v) is 4.21. The number of pyridine rings is 1. The number of aromatic nitrogens is 1. The summed E-state index contributed by atoms with van der Waals surface area (Å²) >= 11 is 0. The Morgan fingerprint density at radius 3 is 2.54 bits per heavy atom. The van der Waals surface area contributed by atoms with E-state index in [0.717, 1.165) is 0 Å². The first-order valence-corrected chi connectivity index (χ1v) is 8.57. The lowest BCUT2D eigenvalue weighted by molar-refractivity contribution is 0.0919. The predicted octanol–water partition coefficient (Wildman–Crippen LogP) is 3.49. The first kappa shape index (κ1) is 18.9. The highest BCUT2D eigenvalue weighted by atomic mass is 16.5. The molecule has 0 unspecified atom stereocenters. The van der Waals surface area contributed by atoms with Gasteiger partial charge in [-0.05, 0) is 30.7 Å². The Morgan fingerprint density at radius 1 is 1.11 bits per heavy atom. The van der Waals surface area contributed by atoms with Gasteiger partial charge in [-0.1, -0.05) is 36.4 Å². The molecule has 1 aromatic heterocycles. The van der Waals surface area contributed by atoms with Gasteiger partial charge in [-0.2, -0.15) is 5.26 Å². The van der Waals surface area contributed by atoms with Crippen molar-refractivity contribution in [1.29, 1.82) is 5.26 Å². The van der Waals surface area contributed by atoms with Crippen LogP contribution in [-0.2, 0) is 0 Å². The van der Waals surface area contributed by atoms with Crippen LogP contribution >= 0.6 is 0 Å². The van der Waals surface area contributed by atoms with Gasteiger partial charge in [0.05, 0.1) is 7.11 Å². The number of hydrogen-bond acceptors (Lipinski definition) is 5. The smallest absolute Gasteiger partial charge is 0.266 e. The maximum absolute atomic E-state index is 12.2. The summed E-state index contributed by atoms with van der Waals surface area (Å²) in [7, 11) is 1.49. The zero-order valence-corrected chi connectivity index (χ0v) is 15.5. The molecule has 0 aliphatic carbocycles. The van der Waals surface area contributed by atoms with Gasteiger partial charge in [0.25, 0.3) is 5.56 Å². The summed E-state index contributed by atoms with van der Waals surface area (Å²) in [5.74, 6) is 0.652. The lowest BCUT2D eigenvalue weighted by Gasteiger charge is -2.13. The molecule has 1 heterocycles. The standard InChI is InChI=1S/C22H18N2O4/c1-14-10-17(18(12-23)22(26)24-14)16-8-9-20(21(11-16)27-2)28-13-19(25)15-6-4-3-5-7-15/h3-11H,13H2,1-2H3,(H,24,26). The lowest BCUT2D eigenvalue weighted by Crippen LogP contribution is -2.13. The van der Waals surface area contributed by atoms with E-state index in [0.29, 0.717) is 33.9 Å². The van der Waals surface area contributed by atoms with E-state index >= 15 is 0 Å². The second-order valence-electron chi connectivity index (χ2n) is 6.13. The van der Waals surface area contributed by atoms with Crippen LogP contribution < -0.4 is 15.0 Å². The third-order valence-electron chi connectivity index (χ3n) is 4.21. The average Bonchev–Trinajstić information content (AvgIpc) is 2.72. The van der Waals surface area contributed by atoms with Gasteiger partial charge in [-0.15, -0.1) is 0 Å². The molecule has 6 nitrogen and oxygen atoms in total. The highest BCUT2D eigenvalue weighted by molar-refractivity contribution is 5.97. The van der Waals surface area contributed by atoms with E-state index in [1.54, 1.807) is 55.5 Å². The molecule has 140 valence electrons. The van der Waals surface area contributed by atoms with Crippen LogP contribution in [0.25, 0.3) is 11.1 Å². The zero-order chi connectivity index (χ0) is 20.1. The summed E-state index contributed by atoms with van der Waals surface area (Å²) in [6.45, 7) is 1.61. The Labute approximate surface area is 162 Å². The van der Waals surface area contributed by atoms with Gasteiger partial charge < -0.3 is 14.5 Å². The average molecular weight is 374 g/mol. The summed E-state index contributed by atoms with van der Waals surface area (Å²) in [5.41, 5.74) is 1.95. The quantitative estimate of drug-likeness (QED) is 0.667. The van der Waals surface area contributed by atoms with Gasteiger partial charge >= 0.3 is 0 Å². The van der Waals surface area contributed by atoms with Crippen LogP contribution in [0.15, 0.2) is 59.4 Å². The number of Topliss-reactive ketones (excluding diaryl/α,β-unsaturated/α-hetero) is 1. The second kappa shape index (κ2) is 8.23. The minimum atomic E-state index is -0.440. The molecule has 0 amide bonds. The molecular formula is C22H18N2O4. The Kier molecular flexibility index (Phi) is 5.56. The summed E-state index contributed by atoms with van der Waals surface area (Å²) in [6.07, 6.45) is 0. The van der Waals surface area contributed by atoms with Crippen LogP contribution in [0.3, 0.4) is 0 Å². The number of H-pyrrole nitrogens is 1. The van der Waals surface area contributed by atoms with Gasteiger partial charge in [0.1, 0.15) is 11.6 Å². The van der Waals surface area contributed by atoms with Crippen molar-refractivity contribution >= 4 is 5.78 Å².